The summed E-state index contributed by atoms with van der Waals surface area (Å²) in [4.78, 5) is 0. The van der Waals surface area contributed by atoms with Crippen LogP contribution in [0.2, 0.25) is 0 Å². The topological polar surface area (TPSA) is 32.3 Å². The van der Waals surface area contributed by atoms with Gasteiger partial charge in [0.1, 0.15) is 0 Å². The van der Waals surface area contributed by atoms with Gasteiger partial charge in [0, 0.05) is 11.1 Å². The second-order valence-corrected chi connectivity index (χ2v) is 4.89. The molecule has 2 bridgehead atoms. The average Bonchev–Trinajstić information content (AvgIpc) is 2.34. The van der Waals surface area contributed by atoms with Crippen molar-refractivity contribution in [1.29, 1.82) is 0 Å². The lowest BCUT2D eigenvalue weighted by Crippen LogP contribution is -2.33. The van der Waals surface area contributed by atoms with Crippen LogP contribution in [-0.2, 0) is 0 Å². The highest BCUT2D eigenvalue weighted by atomic mass is 16.5. The highest BCUT2D eigenvalue weighted by molar-refractivity contribution is 5.29. The van der Waals surface area contributed by atoms with Crippen LogP contribution in [-0.4, -0.2) is 5.21 Å². The highest BCUT2D eigenvalue weighted by Gasteiger charge is 2.57. The van der Waals surface area contributed by atoms with Gasteiger partial charge in [-0.05, 0) is 24.2 Å². The van der Waals surface area contributed by atoms with Crippen LogP contribution < -0.4 is 5.48 Å². The van der Waals surface area contributed by atoms with Crippen molar-refractivity contribution < 1.29 is 5.21 Å². The van der Waals surface area contributed by atoms with Gasteiger partial charge in [-0.2, -0.15) is 0 Å². The molecule has 0 amide bonds. The summed E-state index contributed by atoms with van der Waals surface area (Å²) in [5.41, 5.74) is 3.87. The van der Waals surface area contributed by atoms with Crippen molar-refractivity contribution in [2.75, 3.05) is 0 Å². The van der Waals surface area contributed by atoms with Gasteiger partial charge < -0.3 is 0 Å². The molecule has 0 spiro atoms. The van der Waals surface area contributed by atoms with Crippen LogP contribution in [0.4, 0.5) is 0 Å². The van der Waals surface area contributed by atoms with Crippen LogP contribution in [0.3, 0.4) is 0 Å². The number of nitrogens with one attached hydrogen (secondary N) is 1. The maximum Gasteiger partial charge on any atom is 0.0403 e. The standard InChI is InChI=1S/C10H17NO/c1-9(2)7-4-5-10(9,3)8(6-7)11-12/h6-7,11-12H,4-5H2,1-3H3. The Balaban J connectivity index is 2.43. The fraction of sp³-hybridized carbons (Fsp3) is 0.800. The van der Waals surface area contributed by atoms with Crippen molar-refractivity contribution >= 4 is 0 Å². The Morgan fingerprint density at radius 1 is 1.50 bits per heavy atom. The molecular weight excluding hydrogens is 150 g/mol. The Labute approximate surface area is 73.6 Å². The van der Waals surface area contributed by atoms with E-state index in [1.54, 1.807) is 0 Å². The van der Waals surface area contributed by atoms with Crippen LogP contribution in [0, 0.1) is 16.7 Å². The van der Waals surface area contributed by atoms with Gasteiger partial charge in [0.2, 0.25) is 0 Å². The first kappa shape index (κ1) is 8.11. The molecular formula is C10H17NO. The van der Waals surface area contributed by atoms with E-state index in [-0.39, 0.29) is 5.41 Å². The second kappa shape index (κ2) is 2.05. The Kier molecular flexibility index (Phi) is 1.39. The van der Waals surface area contributed by atoms with E-state index < -0.39 is 0 Å². The molecule has 0 aromatic carbocycles. The Morgan fingerprint density at radius 3 is 2.42 bits per heavy atom. The lowest BCUT2D eigenvalue weighted by atomic mass is 9.69. The molecule has 12 heavy (non-hydrogen) atoms. The van der Waals surface area contributed by atoms with Gasteiger partial charge in [0.25, 0.3) is 0 Å². The molecule has 0 aromatic rings. The average molecular weight is 167 g/mol. The molecule has 2 nitrogen and oxygen atoms in total. The molecule has 2 unspecified atom stereocenters. The zero-order valence-corrected chi connectivity index (χ0v) is 8.02. The number of hydroxylamine groups is 1. The van der Waals surface area contributed by atoms with E-state index in [4.69, 9.17) is 5.21 Å². The minimum atomic E-state index is 0.173. The van der Waals surface area contributed by atoms with Crippen LogP contribution in [0.5, 0.6) is 0 Å². The molecule has 0 radical (unpaired) electrons. The van der Waals surface area contributed by atoms with Crippen LogP contribution >= 0.6 is 0 Å². The lowest BCUT2D eigenvalue weighted by Gasteiger charge is -2.36. The lowest BCUT2D eigenvalue weighted by molar-refractivity contribution is 0.113. The third-order valence-corrected chi connectivity index (χ3v) is 4.39. The molecule has 2 atom stereocenters. The normalized spacial score (nSPS) is 43.0. The summed E-state index contributed by atoms with van der Waals surface area (Å²) in [5.74, 6) is 0.650. The van der Waals surface area contributed by atoms with Crippen LogP contribution in [0.1, 0.15) is 33.6 Å². The summed E-state index contributed by atoms with van der Waals surface area (Å²) in [6, 6.07) is 0. The number of hydrogen-bond acceptors (Lipinski definition) is 2. The van der Waals surface area contributed by atoms with E-state index in [9.17, 15) is 0 Å². The summed E-state index contributed by atoms with van der Waals surface area (Å²) < 4.78 is 0. The van der Waals surface area contributed by atoms with E-state index >= 15 is 0 Å². The summed E-state index contributed by atoms with van der Waals surface area (Å²) in [5, 5.41) is 8.97. The minimum absolute atomic E-state index is 0.173. The fourth-order valence-electron chi connectivity index (χ4n) is 2.86. The van der Waals surface area contributed by atoms with Gasteiger partial charge >= 0.3 is 0 Å². The monoisotopic (exact) mass is 167 g/mol. The summed E-state index contributed by atoms with van der Waals surface area (Å²) in [6.07, 6.45) is 4.67. The van der Waals surface area contributed by atoms with Crippen molar-refractivity contribution in [3.63, 3.8) is 0 Å². The van der Waals surface area contributed by atoms with Gasteiger partial charge in [-0.25, -0.2) is 0 Å². The molecule has 1 saturated carbocycles. The first-order chi connectivity index (χ1) is 5.52. The van der Waals surface area contributed by atoms with Crippen molar-refractivity contribution in [2.45, 2.75) is 33.6 Å². The quantitative estimate of drug-likeness (QED) is 0.587. The molecule has 2 aliphatic rings. The number of rotatable bonds is 1. The SMILES string of the molecule is CC12CCC(C=C1NO)C2(C)C. The van der Waals surface area contributed by atoms with Crippen LogP contribution in [0.25, 0.3) is 0 Å². The zero-order valence-electron chi connectivity index (χ0n) is 8.02. The molecule has 2 rings (SSSR count). The maximum atomic E-state index is 8.97. The first-order valence-electron chi connectivity index (χ1n) is 4.65. The Morgan fingerprint density at radius 2 is 2.17 bits per heavy atom. The minimum Gasteiger partial charge on any atom is -0.291 e. The van der Waals surface area contributed by atoms with Crippen molar-refractivity contribution in [1.82, 2.24) is 5.48 Å². The van der Waals surface area contributed by atoms with Gasteiger partial charge in [-0.1, -0.05) is 26.8 Å². The van der Waals surface area contributed by atoms with Gasteiger partial charge in [-0.15, -0.1) is 0 Å². The third-order valence-electron chi connectivity index (χ3n) is 4.39. The zero-order chi connectivity index (χ0) is 8.98. The smallest absolute Gasteiger partial charge is 0.0403 e. The molecule has 0 aromatic heterocycles. The third kappa shape index (κ3) is 0.650. The van der Waals surface area contributed by atoms with E-state index in [1.165, 1.54) is 12.8 Å². The number of allylic oxidation sites excluding steroid dienone is 2. The number of hydrogen-bond donors (Lipinski definition) is 2. The van der Waals surface area contributed by atoms with E-state index in [0.29, 0.717) is 11.3 Å². The predicted molar refractivity (Wildman–Crippen MR) is 47.6 cm³/mol. The first-order valence-corrected chi connectivity index (χ1v) is 4.65. The molecule has 1 fully saturated rings. The van der Waals surface area contributed by atoms with E-state index in [2.05, 4.69) is 32.3 Å². The number of fused-ring (bicyclic) bond motifs is 2. The fourth-order valence-corrected chi connectivity index (χ4v) is 2.86. The van der Waals surface area contributed by atoms with Gasteiger partial charge in [0.15, 0.2) is 0 Å². The molecule has 2 N–H and O–H groups in total. The maximum absolute atomic E-state index is 8.97. The van der Waals surface area contributed by atoms with E-state index in [1.807, 2.05) is 0 Å². The molecule has 2 aliphatic carbocycles. The molecule has 68 valence electrons. The largest absolute Gasteiger partial charge is 0.291 e. The van der Waals surface area contributed by atoms with Crippen molar-refractivity contribution in [3.05, 3.63) is 11.8 Å². The van der Waals surface area contributed by atoms with Crippen molar-refractivity contribution in [3.8, 4) is 0 Å². The molecule has 0 saturated heterocycles. The Bertz CT molecular complexity index is 244. The van der Waals surface area contributed by atoms with Crippen molar-refractivity contribution in [2.24, 2.45) is 16.7 Å². The molecule has 0 aliphatic heterocycles. The van der Waals surface area contributed by atoms with Crippen LogP contribution in [0.15, 0.2) is 11.8 Å². The summed E-state index contributed by atoms with van der Waals surface area (Å²) >= 11 is 0. The summed E-state index contributed by atoms with van der Waals surface area (Å²) in [6.45, 7) is 6.84. The predicted octanol–water partition coefficient (Wildman–Crippen LogP) is 2.31. The second-order valence-electron chi connectivity index (χ2n) is 4.89. The highest BCUT2D eigenvalue weighted by Crippen LogP contribution is 2.64. The van der Waals surface area contributed by atoms with Gasteiger partial charge in [0.05, 0.1) is 0 Å². The van der Waals surface area contributed by atoms with E-state index in [0.717, 1.165) is 5.70 Å². The summed E-state index contributed by atoms with van der Waals surface area (Å²) in [7, 11) is 0. The molecule has 2 heteroatoms. The van der Waals surface area contributed by atoms with Gasteiger partial charge in [-0.3, -0.25) is 10.7 Å². The Hall–Kier alpha value is -0.500. The molecule has 0 heterocycles.